The summed E-state index contributed by atoms with van der Waals surface area (Å²) < 4.78 is 11.5. The Balaban J connectivity index is 3.04. The summed E-state index contributed by atoms with van der Waals surface area (Å²) in [6.45, 7) is 5.62. The summed E-state index contributed by atoms with van der Waals surface area (Å²) in [7, 11) is 8.02. The fourth-order valence-corrected chi connectivity index (χ4v) is 5.55. The minimum Gasteiger partial charge on any atom is -0.395 e. The number of carbonyl (C=O) groups excluding carboxylic acids is 4. The minimum atomic E-state index is -0.768. The van der Waals surface area contributed by atoms with Gasteiger partial charge in [-0.1, -0.05) is 27.2 Å². The van der Waals surface area contributed by atoms with Crippen LogP contribution in [0.4, 0.5) is 0 Å². The smallest absolute Gasteiger partial charge is 0.242 e. The maximum atomic E-state index is 13.7. The van der Waals surface area contributed by atoms with Crippen LogP contribution in [0.5, 0.6) is 0 Å². The molecule has 0 aromatic heterocycles. The number of methoxy groups -OCH3 is 2. The Labute approximate surface area is 244 Å². The highest BCUT2D eigenvalue weighted by Gasteiger charge is 2.41. The minimum absolute atomic E-state index is 0.0132. The van der Waals surface area contributed by atoms with Crippen LogP contribution < -0.4 is 10.6 Å². The van der Waals surface area contributed by atoms with E-state index in [9.17, 15) is 24.3 Å². The molecule has 0 spiro atoms. The van der Waals surface area contributed by atoms with E-state index in [-0.39, 0.29) is 62.4 Å². The third kappa shape index (κ3) is 10.2. The van der Waals surface area contributed by atoms with Crippen molar-refractivity contribution in [2.75, 3.05) is 68.2 Å². The van der Waals surface area contributed by atoms with E-state index in [0.29, 0.717) is 13.0 Å². The highest BCUT2D eigenvalue weighted by atomic mass is 16.5. The molecule has 4 N–H and O–H groups in total. The van der Waals surface area contributed by atoms with E-state index in [4.69, 9.17) is 14.6 Å². The number of nitrogens with one attached hydrogen (secondary N) is 2. The van der Waals surface area contributed by atoms with Gasteiger partial charge in [-0.25, -0.2) is 0 Å². The van der Waals surface area contributed by atoms with Crippen molar-refractivity contribution in [1.29, 1.82) is 0 Å². The number of likely N-dealkylation sites (tertiary alicyclic amines) is 1. The lowest BCUT2D eigenvalue weighted by Gasteiger charge is -2.39. The van der Waals surface area contributed by atoms with Crippen LogP contribution >= 0.6 is 0 Å². The van der Waals surface area contributed by atoms with E-state index in [2.05, 4.69) is 10.6 Å². The molecular formula is C28H53N5O8. The number of carbonyl (C=O) groups is 4. The molecule has 0 bridgehead atoms. The van der Waals surface area contributed by atoms with Crippen molar-refractivity contribution in [1.82, 2.24) is 25.3 Å². The predicted octanol–water partition coefficient (Wildman–Crippen LogP) is -0.946. The van der Waals surface area contributed by atoms with Gasteiger partial charge in [0, 0.05) is 34.4 Å². The zero-order chi connectivity index (χ0) is 31.3. The maximum absolute atomic E-state index is 13.7. The van der Waals surface area contributed by atoms with Crippen LogP contribution in [-0.2, 0) is 28.7 Å². The number of hydrogen-bond acceptors (Lipinski definition) is 9. The lowest BCUT2D eigenvalue weighted by Crippen LogP contribution is -2.55. The maximum Gasteiger partial charge on any atom is 0.242 e. The van der Waals surface area contributed by atoms with Gasteiger partial charge in [0.15, 0.2) is 0 Å². The highest BCUT2D eigenvalue weighted by Crippen LogP contribution is 2.29. The van der Waals surface area contributed by atoms with Gasteiger partial charge in [0.2, 0.25) is 23.6 Å². The van der Waals surface area contributed by atoms with Crippen LogP contribution in [-0.4, -0.2) is 147 Å². The van der Waals surface area contributed by atoms with Crippen molar-refractivity contribution < 1.29 is 38.9 Å². The summed E-state index contributed by atoms with van der Waals surface area (Å²) in [6, 6.07) is -1.51. The summed E-state index contributed by atoms with van der Waals surface area (Å²) >= 11 is 0. The fourth-order valence-electron chi connectivity index (χ4n) is 5.55. The molecule has 0 aromatic rings. The molecule has 13 heteroatoms. The van der Waals surface area contributed by atoms with Crippen LogP contribution in [0.1, 0.15) is 46.5 Å². The molecule has 41 heavy (non-hydrogen) atoms. The quantitative estimate of drug-likeness (QED) is 0.159. The third-order valence-electron chi connectivity index (χ3n) is 8.23. The van der Waals surface area contributed by atoms with Crippen molar-refractivity contribution in [2.24, 2.45) is 11.8 Å². The molecule has 1 aliphatic heterocycles. The van der Waals surface area contributed by atoms with E-state index in [0.717, 1.165) is 12.8 Å². The van der Waals surface area contributed by atoms with Gasteiger partial charge < -0.3 is 40.1 Å². The molecule has 1 saturated heterocycles. The molecule has 1 aliphatic rings. The first kappa shape index (κ1) is 36.7. The second-order valence-electron chi connectivity index (χ2n) is 11.0. The molecule has 7 atom stereocenters. The Kier molecular flexibility index (Phi) is 16.4. The Bertz CT molecular complexity index is 844. The molecule has 0 radical (unpaired) electrons. The number of amides is 4. The summed E-state index contributed by atoms with van der Waals surface area (Å²) in [6.07, 6.45) is 1.09. The summed E-state index contributed by atoms with van der Waals surface area (Å²) in [5, 5.41) is 23.8. The lowest BCUT2D eigenvalue weighted by molar-refractivity contribution is -0.145. The standard InChI is InChI=1S/C28H53N5O8/c1-9-18(2)25(32(6)24(37)16-30-28(39)21(17-35)31(4)5)22(40-7)15-23(36)33-13-10-11-20(33)26(41-8)19(3)27(38)29-12-14-34/h18-22,25-26,34-35H,9-17H2,1-8H3,(H,29,38)(H,30,39). The fraction of sp³-hybridized carbons (Fsp3) is 0.857. The van der Waals surface area contributed by atoms with Crippen LogP contribution in [0.15, 0.2) is 0 Å². The van der Waals surface area contributed by atoms with E-state index >= 15 is 0 Å². The average molecular weight is 588 g/mol. The van der Waals surface area contributed by atoms with Gasteiger partial charge in [-0.3, -0.25) is 24.1 Å². The molecular weight excluding hydrogens is 534 g/mol. The van der Waals surface area contributed by atoms with Gasteiger partial charge in [0.1, 0.15) is 6.04 Å². The molecule has 7 unspecified atom stereocenters. The molecule has 13 nitrogen and oxygen atoms in total. The Morgan fingerprint density at radius 2 is 1.68 bits per heavy atom. The lowest BCUT2D eigenvalue weighted by atomic mass is 9.90. The third-order valence-corrected chi connectivity index (χ3v) is 8.23. The zero-order valence-electron chi connectivity index (χ0n) is 26.1. The van der Waals surface area contributed by atoms with Gasteiger partial charge in [0.25, 0.3) is 0 Å². The van der Waals surface area contributed by atoms with Crippen LogP contribution in [0, 0.1) is 11.8 Å². The normalized spacial score (nSPS) is 19.7. The van der Waals surface area contributed by atoms with Gasteiger partial charge >= 0.3 is 0 Å². The Morgan fingerprint density at radius 1 is 1.02 bits per heavy atom. The number of ether oxygens (including phenoxy) is 2. The van der Waals surface area contributed by atoms with Crippen LogP contribution in [0.3, 0.4) is 0 Å². The first-order chi connectivity index (χ1) is 19.4. The van der Waals surface area contributed by atoms with Gasteiger partial charge in [-0.2, -0.15) is 0 Å². The summed E-state index contributed by atoms with van der Waals surface area (Å²) in [4.78, 5) is 56.7. The topological polar surface area (TPSA) is 161 Å². The number of rotatable bonds is 18. The van der Waals surface area contributed by atoms with Crippen molar-refractivity contribution in [3.05, 3.63) is 0 Å². The first-order valence-corrected chi connectivity index (χ1v) is 14.4. The van der Waals surface area contributed by atoms with E-state index in [1.807, 2.05) is 13.8 Å². The van der Waals surface area contributed by atoms with Crippen LogP contribution in [0.25, 0.3) is 0 Å². The summed E-state index contributed by atoms with van der Waals surface area (Å²) in [5.74, 6) is -1.74. The van der Waals surface area contributed by atoms with E-state index < -0.39 is 36.1 Å². The SMILES string of the molecule is CCC(C)C(C(CC(=O)N1CCCC1C(OC)C(C)C(=O)NCCO)OC)N(C)C(=O)CNC(=O)C(CO)N(C)C. The van der Waals surface area contributed by atoms with E-state index in [1.165, 1.54) is 19.1 Å². The van der Waals surface area contributed by atoms with Crippen molar-refractivity contribution >= 4 is 23.6 Å². The monoisotopic (exact) mass is 587 g/mol. The van der Waals surface area contributed by atoms with Gasteiger partial charge in [-0.05, 0) is 32.9 Å². The second kappa shape index (κ2) is 18.3. The molecule has 4 amide bonds. The highest BCUT2D eigenvalue weighted by molar-refractivity contribution is 5.87. The van der Waals surface area contributed by atoms with Crippen LogP contribution in [0.2, 0.25) is 0 Å². The molecule has 238 valence electrons. The molecule has 0 aliphatic carbocycles. The number of aliphatic hydroxyl groups is 2. The predicted molar refractivity (Wildman–Crippen MR) is 154 cm³/mol. The van der Waals surface area contributed by atoms with Gasteiger partial charge in [0.05, 0.1) is 56.4 Å². The van der Waals surface area contributed by atoms with Crippen molar-refractivity contribution in [2.45, 2.75) is 76.8 Å². The molecule has 1 fully saturated rings. The first-order valence-electron chi connectivity index (χ1n) is 14.4. The average Bonchev–Trinajstić information content (AvgIpc) is 3.43. The largest absolute Gasteiger partial charge is 0.395 e. The number of nitrogens with zero attached hydrogens (tertiary/aromatic N) is 3. The Hall–Kier alpha value is -2.32. The van der Waals surface area contributed by atoms with Gasteiger partial charge in [-0.15, -0.1) is 0 Å². The Morgan fingerprint density at radius 3 is 2.20 bits per heavy atom. The number of likely N-dealkylation sites (N-methyl/N-ethyl adjacent to an activating group) is 2. The zero-order valence-corrected chi connectivity index (χ0v) is 26.1. The van der Waals surface area contributed by atoms with E-state index in [1.54, 1.807) is 37.9 Å². The van der Waals surface area contributed by atoms with Crippen molar-refractivity contribution in [3.63, 3.8) is 0 Å². The number of hydrogen-bond donors (Lipinski definition) is 4. The second-order valence-corrected chi connectivity index (χ2v) is 11.0. The molecule has 1 heterocycles. The molecule has 0 saturated carbocycles. The number of aliphatic hydroxyl groups excluding tert-OH is 2. The van der Waals surface area contributed by atoms with Crippen molar-refractivity contribution in [3.8, 4) is 0 Å². The molecule has 0 aromatic carbocycles. The summed E-state index contributed by atoms with van der Waals surface area (Å²) in [5.41, 5.74) is 0. The molecule has 1 rings (SSSR count).